The molecule has 0 heterocycles. The topological polar surface area (TPSA) is 0 Å². The van der Waals surface area contributed by atoms with E-state index >= 15 is 0 Å². The van der Waals surface area contributed by atoms with Crippen molar-refractivity contribution in [2.24, 2.45) is 41.4 Å². The van der Waals surface area contributed by atoms with Crippen molar-refractivity contribution >= 4 is 10.2 Å². The van der Waals surface area contributed by atoms with Crippen LogP contribution in [0.1, 0.15) is 77.0 Å². The number of hydrogen-bond acceptors (Lipinski definition) is 0. The molecule has 23 heavy (non-hydrogen) atoms. The molecule has 7 unspecified atom stereocenters. The Hall–Kier alpha value is -0.0431. The maximum Gasteiger partial charge on any atom is 0.00710 e. The van der Waals surface area contributed by atoms with Gasteiger partial charge in [0.25, 0.3) is 0 Å². The van der Waals surface area contributed by atoms with Crippen molar-refractivity contribution < 1.29 is 0 Å². The lowest BCUT2D eigenvalue weighted by atomic mass is 9.51. The predicted octanol–water partition coefficient (Wildman–Crippen LogP) is 5.13. The molecule has 0 aliphatic heterocycles. The van der Waals surface area contributed by atoms with Crippen LogP contribution in [0, 0.1) is 41.4 Å². The fourth-order valence-corrected chi connectivity index (χ4v) is 9.39. The van der Waals surface area contributed by atoms with Gasteiger partial charge in [0.1, 0.15) is 0 Å². The normalized spacial score (nSPS) is 52.6. The van der Waals surface area contributed by atoms with Gasteiger partial charge in [-0.25, -0.2) is 0 Å². The average molecular weight is 329 g/mol. The second kappa shape index (κ2) is 6.04. The number of rotatable bonds is 0. The van der Waals surface area contributed by atoms with Crippen LogP contribution in [0.15, 0.2) is 11.6 Å². The molecule has 5 aliphatic carbocycles. The van der Waals surface area contributed by atoms with E-state index in [9.17, 15) is 0 Å². The fraction of sp³-hybridized carbons (Fsp3) is 0.909. The molecule has 4 saturated carbocycles. The first-order chi connectivity index (χ1) is 11.3. The Morgan fingerprint density at radius 2 is 1.48 bits per heavy atom. The molecular weight excluding hydrogens is 292 g/mol. The van der Waals surface area contributed by atoms with Crippen molar-refractivity contribution in [3.05, 3.63) is 11.6 Å². The Kier molecular flexibility index (Phi) is 4.00. The molecule has 128 valence electrons. The van der Waals surface area contributed by atoms with Crippen molar-refractivity contribution in [2.45, 2.75) is 82.6 Å². The Morgan fingerprint density at radius 3 is 2.43 bits per heavy atom. The first kappa shape index (κ1) is 15.2. The second-order valence-corrected chi connectivity index (χ2v) is 11.4. The standard InChI is InChI=1S/C22H36Si/c23-22-7-3-6-16-19-11-10-17-15-5-2-1-4-14(15)8-9-18(17)20(19)12-13-21(16)22/h11,14-18,20-22H,1-10,12-13H2,23H3/t14?,15?,16?,17?,18?,20?,21?,22-/m0/s1. The maximum absolute atomic E-state index is 2.83. The minimum Gasteiger partial charge on any atom is -0.0845 e. The van der Waals surface area contributed by atoms with Gasteiger partial charge in [0, 0.05) is 10.2 Å². The van der Waals surface area contributed by atoms with E-state index in [1.54, 1.807) is 57.8 Å². The highest BCUT2D eigenvalue weighted by Crippen LogP contribution is 2.59. The molecule has 4 fully saturated rings. The molecule has 8 atom stereocenters. The number of hydrogen-bond donors (Lipinski definition) is 0. The van der Waals surface area contributed by atoms with E-state index in [1.807, 2.05) is 5.57 Å². The summed E-state index contributed by atoms with van der Waals surface area (Å²) >= 11 is 0. The van der Waals surface area contributed by atoms with E-state index < -0.39 is 0 Å². The van der Waals surface area contributed by atoms with E-state index in [4.69, 9.17) is 0 Å². The third-order valence-electron chi connectivity index (χ3n) is 9.17. The van der Waals surface area contributed by atoms with Gasteiger partial charge in [0.2, 0.25) is 0 Å². The monoisotopic (exact) mass is 328 g/mol. The summed E-state index contributed by atoms with van der Waals surface area (Å²) in [6.07, 6.45) is 21.6. The van der Waals surface area contributed by atoms with Gasteiger partial charge in [-0.15, -0.1) is 0 Å². The van der Waals surface area contributed by atoms with E-state index in [0.717, 1.165) is 47.0 Å². The van der Waals surface area contributed by atoms with Gasteiger partial charge in [-0.1, -0.05) is 49.3 Å². The molecule has 5 aliphatic rings. The summed E-state index contributed by atoms with van der Waals surface area (Å²) < 4.78 is 0. The van der Waals surface area contributed by atoms with Crippen LogP contribution in [-0.4, -0.2) is 10.2 Å². The molecule has 5 rings (SSSR count). The summed E-state index contributed by atoms with van der Waals surface area (Å²) in [5.74, 6) is 7.62. The van der Waals surface area contributed by atoms with E-state index in [2.05, 4.69) is 6.08 Å². The summed E-state index contributed by atoms with van der Waals surface area (Å²) in [4.78, 5) is 0. The van der Waals surface area contributed by atoms with Gasteiger partial charge < -0.3 is 0 Å². The van der Waals surface area contributed by atoms with Crippen molar-refractivity contribution in [1.29, 1.82) is 0 Å². The second-order valence-electron chi connectivity index (χ2n) is 9.92. The summed E-state index contributed by atoms with van der Waals surface area (Å²) in [6.45, 7) is 0. The maximum atomic E-state index is 2.83. The van der Waals surface area contributed by atoms with Crippen LogP contribution in [0.4, 0.5) is 0 Å². The summed E-state index contributed by atoms with van der Waals surface area (Å²) in [6, 6.07) is 0. The highest BCUT2D eigenvalue weighted by Gasteiger charge is 2.49. The lowest BCUT2D eigenvalue weighted by Crippen LogP contribution is -2.45. The minimum atomic E-state index is 1.03. The predicted molar refractivity (Wildman–Crippen MR) is 102 cm³/mol. The third-order valence-corrected chi connectivity index (χ3v) is 10.6. The molecule has 0 N–H and O–H groups in total. The van der Waals surface area contributed by atoms with Crippen molar-refractivity contribution in [2.75, 3.05) is 0 Å². The van der Waals surface area contributed by atoms with Gasteiger partial charge in [-0.05, 0) is 86.4 Å². The highest BCUT2D eigenvalue weighted by atomic mass is 28.1. The van der Waals surface area contributed by atoms with Crippen LogP contribution in [0.25, 0.3) is 0 Å². The molecule has 0 spiro atoms. The molecule has 0 radical (unpaired) electrons. The van der Waals surface area contributed by atoms with Gasteiger partial charge in [-0.2, -0.15) is 0 Å². The quantitative estimate of drug-likeness (QED) is 0.427. The highest BCUT2D eigenvalue weighted by molar-refractivity contribution is 6.11. The SMILES string of the molecule is [SiH3][C@H]1CCCC2C3=CCC4C5CCCCC5CCC4C3CCC21. The van der Waals surface area contributed by atoms with Gasteiger partial charge >= 0.3 is 0 Å². The van der Waals surface area contributed by atoms with Crippen LogP contribution < -0.4 is 0 Å². The zero-order chi connectivity index (χ0) is 15.4. The van der Waals surface area contributed by atoms with Crippen molar-refractivity contribution in [3.8, 4) is 0 Å². The lowest BCUT2D eigenvalue weighted by Gasteiger charge is -2.55. The van der Waals surface area contributed by atoms with E-state index in [0.29, 0.717) is 0 Å². The molecule has 0 amide bonds. The van der Waals surface area contributed by atoms with E-state index in [-0.39, 0.29) is 0 Å². The minimum absolute atomic E-state index is 1.03. The lowest BCUT2D eigenvalue weighted by molar-refractivity contribution is 0.0105. The van der Waals surface area contributed by atoms with Crippen LogP contribution in [0.3, 0.4) is 0 Å². The molecule has 0 aromatic carbocycles. The molecule has 0 aromatic rings. The number of fused-ring (bicyclic) bond motifs is 7. The zero-order valence-electron chi connectivity index (χ0n) is 15.2. The van der Waals surface area contributed by atoms with Crippen LogP contribution >= 0.6 is 0 Å². The summed E-state index contributed by atoms with van der Waals surface area (Å²) in [7, 11) is 1.45. The molecule has 0 aromatic heterocycles. The molecule has 1 heteroatoms. The number of allylic oxidation sites excluding steroid dienone is 2. The third kappa shape index (κ3) is 2.43. The molecular formula is C22H36Si. The average Bonchev–Trinajstić information content (AvgIpc) is 2.61. The van der Waals surface area contributed by atoms with Crippen molar-refractivity contribution in [3.63, 3.8) is 0 Å². The van der Waals surface area contributed by atoms with E-state index in [1.165, 1.54) is 29.5 Å². The fourth-order valence-electron chi connectivity index (χ4n) is 8.18. The molecule has 0 bridgehead atoms. The first-order valence-corrected chi connectivity index (χ1v) is 12.2. The Balaban J connectivity index is 1.42. The Labute approximate surface area is 146 Å². The summed E-state index contributed by atoms with van der Waals surface area (Å²) in [5, 5.41) is 0. The van der Waals surface area contributed by atoms with Crippen LogP contribution in [0.2, 0.25) is 5.54 Å². The van der Waals surface area contributed by atoms with Crippen LogP contribution in [-0.2, 0) is 0 Å². The Bertz CT molecular complexity index is 480. The summed E-state index contributed by atoms with van der Waals surface area (Å²) in [5.41, 5.74) is 3.15. The first-order valence-electron chi connectivity index (χ1n) is 11.0. The Morgan fingerprint density at radius 1 is 0.652 bits per heavy atom. The van der Waals surface area contributed by atoms with Gasteiger partial charge in [-0.3, -0.25) is 0 Å². The largest absolute Gasteiger partial charge is 0.0845 e. The van der Waals surface area contributed by atoms with Gasteiger partial charge in [0.05, 0.1) is 0 Å². The van der Waals surface area contributed by atoms with Gasteiger partial charge in [0.15, 0.2) is 0 Å². The van der Waals surface area contributed by atoms with Crippen LogP contribution in [0.5, 0.6) is 0 Å². The smallest absolute Gasteiger partial charge is 0.00710 e. The molecule has 0 saturated heterocycles. The zero-order valence-corrected chi connectivity index (χ0v) is 17.2. The van der Waals surface area contributed by atoms with Crippen molar-refractivity contribution in [1.82, 2.24) is 0 Å². The molecule has 0 nitrogen and oxygen atoms in total.